The topological polar surface area (TPSA) is 73.6 Å². The molecular weight excluding hydrogens is 264 g/mol. The average Bonchev–Trinajstić information content (AvgIpc) is 2.42. The maximum absolute atomic E-state index is 11.6. The van der Waals surface area contributed by atoms with Gasteiger partial charge in [0.25, 0.3) is 0 Å². The number of carbonyl (C=O) groups excluding carboxylic acids is 1. The minimum atomic E-state index is -0.782. The summed E-state index contributed by atoms with van der Waals surface area (Å²) in [5.41, 5.74) is 6.44. The van der Waals surface area contributed by atoms with Gasteiger partial charge >= 0.3 is 0 Å². The Morgan fingerprint density at radius 2 is 2.16 bits per heavy atom. The molecule has 1 fully saturated rings. The summed E-state index contributed by atoms with van der Waals surface area (Å²) in [6.07, 6.45) is 0. The summed E-state index contributed by atoms with van der Waals surface area (Å²) in [4.78, 5) is 11.6. The summed E-state index contributed by atoms with van der Waals surface area (Å²) < 4.78 is 10.5. The monoisotopic (exact) mass is 282 g/mol. The van der Waals surface area contributed by atoms with Crippen molar-refractivity contribution in [1.29, 1.82) is 0 Å². The van der Waals surface area contributed by atoms with Crippen molar-refractivity contribution in [3.63, 3.8) is 0 Å². The zero-order valence-electron chi connectivity index (χ0n) is 11.2. The fourth-order valence-corrected chi connectivity index (χ4v) is 3.04. The molecule has 1 aliphatic heterocycles. The largest absolute Gasteiger partial charge is 0.497 e. The molecule has 0 saturated carbocycles. The molecule has 104 valence electrons. The molecule has 2 rings (SSSR count). The van der Waals surface area contributed by atoms with Crippen LogP contribution in [0.15, 0.2) is 18.2 Å². The van der Waals surface area contributed by atoms with Gasteiger partial charge in [0.2, 0.25) is 5.12 Å². The van der Waals surface area contributed by atoms with E-state index < -0.39 is 5.66 Å². The third-order valence-corrected chi connectivity index (χ3v) is 4.40. The Labute approximate surface area is 116 Å². The minimum Gasteiger partial charge on any atom is -0.497 e. The van der Waals surface area contributed by atoms with Gasteiger partial charge in [0.05, 0.1) is 20.3 Å². The van der Waals surface area contributed by atoms with Gasteiger partial charge in [0.15, 0.2) is 0 Å². The molecule has 0 spiro atoms. The van der Waals surface area contributed by atoms with Crippen LogP contribution in [0.25, 0.3) is 0 Å². The summed E-state index contributed by atoms with van der Waals surface area (Å²) in [5.74, 6) is 1.83. The van der Waals surface area contributed by atoms with Crippen LogP contribution >= 0.6 is 11.8 Å². The fraction of sp³-hybridized carbons (Fsp3) is 0.462. The molecule has 5 nitrogen and oxygen atoms in total. The van der Waals surface area contributed by atoms with E-state index >= 15 is 0 Å². The van der Waals surface area contributed by atoms with E-state index in [1.165, 1.54) is 11.8 Å². The predicted molar refractivity (Wildman–Crippen MR) is 75.5 cm³/mol. The molecule has 0 amide bonds. The standard InChI is InChI=1S/C13H18N2O3S/c1-8-12(16)19-7-13(14,15-8)10-5-4-9(17-2)6-11(10)18-3/h4-6,8,15H,7,14H2,1-3H3/t8-,13-/m0/s1. The van der Waals surface area contributed by atoms with E-state index in [1.807, 2.05) is 19.1 Å². The molecule has 2 atom stereocenters. The van der Waals surface area contributed by atoms with Gasteiger partial charge in [-0.15, -0.1) is 0 Å². The Bertz CT molecular complexity index is 495. The SMILES string of the molecule is COc1ccc([C@]2(N)CSC(=O)[C@H](C)N2)c(OC)c1. The van der Waals surface area contributed by atoms with Crippen LogP contribution in [0.4, 0.5) is 0 Å². The number of rotatable bonds is 3. The number of nitrogens with one attached hydrogen (secondary N) is 1. The maximum Gasteiger partial charge on any atom is 0.205 e. The molecule has 0 unspecified atom stereocenters. The van der Waals surface area contributed by atoms with E-state index in [0.29, 0.717) is 17.3 Å². The van der Waals surface area contributed by atoms with Crippen LogP contribution in [-0.4, -0.2) is 31.1 Å². The molecule has 6 heteroatoms. The highest BCUT2D eigenvalue weighted by molar-refractivity contribution is 8.13. The van der Waals surface area contributed by atoms with Crippen LogP contribution in [0.1, 0.15) is 12.5 Å². The first kappa shape index (κ1) is 14.2. The quantitative estimate of drug-likeness (QED) is 0.864. The van der Waals surface area contributed by atoms with E-state index in [-0.39, 0.29) is 11.2 Å². The highest BCUT2D eigenvalue weighted by Crippen LogP contribution is 2.35. The van der Waals surface area contributed by atoms with Gasteiger partial charge in [-0.05, 0) is 19.1 Å². The summed E-state index contributed by atoms with van der Waals surface area (Å²) in [7, 11) is 3.19. The van der Waals surface area contributed by atoms with E-state index in [4.69, 9.17) is 15.2 Å². The molecule has 1 aromatic rings. The lowest BCUT2D eigenvalue weighted by atomic mass is 9.99. The highest BCUT2D eigenvalue weighted by atomic mass is 32.2. The van der Waals surface area contributed by atoms with Crippen molar-refractivity contribution < 1.29 is 14.3 Å². The normalized spacial score (nSPS) is 27.2. The molecule has 1 aromatic carbocycles. The Morgan fingerprint density at radius 3 is 2.74 bits per heavy atom. The summed E-state index contributed by atoms with van der Waals surface area (Å²) in [6.45, 7) is 1.81. The second-order valence-corrected chi connectivity index (χ2v) is 5.49. The van der Waals surface area contributed by atoms with Gasteiger partial charge in [0.1, 0.15) is 17.2 Å². The zero-order valence-corrected chi connectivity index (χ0v) is 12.0. The molecule has 0 radical (unpaired) electrons. The number of benzene rings is 1. The number of ether oxygens (including phenoxy) is 2. The Hall–Kier alpha value is -1.24. The lowest BCUT2D eigenvalue weighted by Gasteiger charge is -2.38. The number of nitrogens with two attached hydrogens (primary N) is 1. The van der Waals surface area contributed by atoms with Gasteiger partial charge in [-0.1, -0.05) is 11.8 Å². The number of carbonyl (C=O) groups is 1. The molecule has 1 aliphatic rings. The minimum absolute atomic E-state index is 0.105. The molecule has 1 saturated heterocycles. The maximum atomic E-state index is 11.6. The number of methoxy groups -OCH3 is 2. The first-order chi connectivity index (χ1) is 9.00. The van der Waals surface area contributed by atoms with Crippen LogP contribution in [0.3, 0.4) is 0 Å². The van der Waals surface area contributed by atoms with Crippen molar-refractivity contribution in [2.24, 2.45) is 5.73 Å². The number of hydrogen-bond acceptors (Lipinski definition) is 6. The molecule has 0 aromatic heterocycles. The molecule has 0 aliphatic carbocycles. The second-order valence-electron chi connectivity index (χ2n) is 4.51. The van der Waals surface area contributed by atoms with E-state index in [0.717, 1.165) is 5.56 Å². The van der Waals surface area contributed by atoms with Crippen LogP contribution in [0, 0.1) is 0 Å². The van der Waals surface area contributed by atoms with Gasteiger partial charge in [-0.25, -0.2) is 0 Å². The smallest absolute Gasteiger partial charge is 0.205 e. The Kier molecular flexibility index (Phi) is 4.03. The van der Waals surface area contributed by atoms with Crippen molar-refractivity contribution in [1.82, 2.24) is 5.32 Å². The Morgan fingerprint density at radius 1 is 1.42 bits per heavy atom. The van der Waals surface area contributed by atoms with Gasteiger partial charge in [-0.2, -0.15) is 0 Å². The van der Waals surface area contributed by atoms with Gasteiger partial charge in [-0.3, -0.25) is 10.1 Å². The van der Waals surface area contributed by atoms with Crippen molar-refractivity contribution in [3.8, 4) is 11.5 Å². The molecule has 0 bridgehead atoms. The summed E-state index contributed by atoms with van der Waals surface area (Å²) in [6, 6.07) is 5.21. The molecular formula is C13H18N2O3S. The first-order valence-electron chi connectivity index (χ1n) is 5.96. The van der Waals surface area contributed by atoms with Crippen molar-refractivity contribution in [3.05, 3.63) is 23.8 Å². The van der Waals surface area contributed by atoms with Crippen LogP contribution < -0.4 is 20.5 Å². The number of thioether (sulfide) groups is 1. The number of hydrogen-bond donors (Lipinski definition) is 2. The average molecular weight is 282 g/mol. The van der Waals surface area contributed by atoms with Crippen molar-refractivity contribution >= 4 is 16.9 Å². The van der Waals surface area contributed by atoms with Crippen LogP contribution in [0.2, 0.25) is 0 Å². The third kappa shape index (κ3) is 2.70. The fourth-order valence-electron chi connectivity index (χ4n) is 2.12. The summed E-state index contributed by atoms with van der Waals surface area (Å²) in [5, 5.41) is 3.26. The van der Waals surface area contributed by atoms with E-state index in [1.54, 1.807) is 20.3 Å². The van der Waals surface area contributed by atoms with E-state index in [9.17, 15) is 4.79 Å². The van der Waals surface area contributed by atoms with Gasteiger partial charge < -0.3 is 15.2 Å². The van der Waals surface area contributed by atoms with Crippen molar-refractivity contribution in [2.75, 3.05) is 20.0 Å². The Balaban J connectivity index is 2.37. The first-order valence-corrected chi connectivity index (χ1v) is 6.94. The highest BCUT2D eigenvalue weighted by Gasteiger charge is 2.38. The molecule has 1 heterocycles. The lowest BCUT2D eigenvalue weighted by Crippen LogP contribution is -2.60. The van der Waals surface area contributed by atoms with Crippen LogP contribution in [0.5, 0.6) is 11.5 Å². The van der Waals surface area contributed by atoms with Crippen LogP contribution in [-0.2, 0) is 10.5 Å². The summed E-state index contributed by atoms with van der Waals surface area (Å²) >= 11 is 1.24. The van der Waals surface area contributed by atoms with Gasteiger partial charge in [0, 0.05) is 17.4 Å². The second kappa shape index (κ2) is 5.40. The third-order valence-electron chi connectivity index (χ3n) is 3.16. The lowest BCUT2D eigenvalue weighted by molar-refractivity contribution is -0.113. The van der Waals surface area contributed by atoms with Crippen molar-refractivity contribution in [2.45, 2.75) is 18.6 Å². The zero-order chi connectivity index (χ0) is 14.0. The molecule has 19 heavy (non-hydrogen) atoms. The van der Waals surface area contributed by atoms with E-state index in [2.05, 4.69) is 5.32 Å². The predicted octanol–water partition coefficient (Wildman–Crippen LogP) is 1.07. The molecule has 3 N–H and O–H groups in total.